The highest BCUT2D eigenvalue weighted by molar-refractivity contribution is 5.84. The highest BCUT2D eigenvalue weighted by atomic mass is 16.2. The number of rotatable bonds is 4. The molecule has 3 rings (SSSR count). The van der Waals surface area contributed by atoms with Crippen LogP contribution < -0.4 is 0 Å². The second-order valence-corrected chi connectivity index (χ2v) is 7.27. The minimum atomic E-state index is -0.169. The molecule has 1 aromatic rings. The zero-order valence-electron chi connectivity index (χ0n) is 14.7. The summed E-state index contributed by atoms with van der Waals surface area (Å²) >= 11 is 0. The van der Waals surface area contributed by atoms with E-state index in [9.17, 15) is 4.79 Å². The zero-order valence-corrected chi connectivity index (χ0v) is 14.7. The molecule has 0 radical (unpaired) electrons. The van der Waals surface area contributed by atoms with Crippen molar-refractivity contribution in [3.63, 3.8) is 0 Å². The third kappa shape index (κ3) is 3.59. The van der Waals surface area contributed by atoms with E-state index in [0.717, 1.165) is 18.7 Å². The van der Waals surface area contributed by atoms with Crippen LogP contribution in [0.4, 0.5) is 0 Å². The molecule has 0 N–H and O–H groups in total. The molecular formula is C19H29N3O. The van der Waals surface area contributed by atoms with Crippen LogP contribution in [0.2, 0.25) is 0 Å². The van der Waals surface area contributed by atoms with Gasteiger partial charge in [0.2, 0.25) is 5.91 Å². The highest BCUT2D eigenvalue weighted by Crippen LogP contribution is 2.27. The largest absolute Gasteiger partial charge is 0.338 e. The van der Waals surface area contributed by atoms with Gasteiger partial charge < -0.3 is 4.90 Å². The average Bonchev–Trinajstić information content (AvgIpc) is 2.46. The van der Waals surface area contributed by atoms with Crippen LogP contribution in [0.15, 0.2) is 24.3 Å². The number of carbonyl (C=O) groups is 1. The van der Waals surface area contributed by atoms with Crippen LogP contribution in [0.25, 0.3) is 0 Å². The molecule has 2 fully saturated rings. The van der Waals surface area contributed by atoms with E-state index in [1.54, 1.807) is 0 Å². The van der Waals surface area contributed by atoms with Gasteiger partial charge in [-0.2, -0.15) is 0 Å². The van der Waals surface area contributed by atoms with Crippen molar-refractivity contribution in [3.05, 3.63) is 35.4 Å². The third-order valence-electron chi connectivity index (χ3n) is 5.19. The molecule has 4 nitrogen and oxygen atoms in total. The van der Waals surface area contributed by atoms with Gasteiger partial charge in [-0.05, 0) is 52.5 Å². The van der Waals surface area contributed by atoms with Crippen LogP contribution in [0.1, 0.15) is 36.4 Å². The normalized spacial score (nSPS) is 21.3. The maximum absolute atomic E-state index is 13.0. The molecule has 1 atom stereocenters. The van der Waals surface area contributed by atoms with Gasteiger partial charge in [0.25, 0.3) is 0 Å². The van der Waals surface area contributed by atoms with E-state index in [1.807, 2.05) is 30.0 Å². The predicted octanol–water partition coefficient (Wildman–Crippen LogP) is 2.29. The minimum Gasteiger partial charge on any atom is -0.338 e. The summed E-state index contributed by atoms with van der Waals surface area (Å²) in [6.45, 7) is 6.30. The SMILES string of the molecule is Cc1cccc([C@H](C(=O)N2CC(N3CCCCC3)C2)N(C)C)c1. The quantitative estimate of drug-likeness (QED) is 0.853. The van der Waals surface area contributed by atoms with Crippen molar-refractivity contribution >= 4 is 5.91 Å². The molecule has 1 amide bonds. The van der Waals surface area contributed by atoms with Crippen LogP contribution >= 0.6 is 0 Å². The van der Waals surface area contributed by atoms with Gasteiger partial charge in [-0.15, -0.1) is 0 Å². The Hall–Kier alpha value is -1.39. The fourth-order valence-corrected chi connectivity index (χ4v) is 3.82. The monoisotopic (exact) mass is 315 g/mol. The first kappa shape index (κ1) is 16.5. The molecule has 2 heterocycles. The Morgan fingerprint density at radius 2 is 1.87 bits per heavy atom. The Bertz CT molecular complexity index is 545. The van der Waals surface area contributed by atoms with Crippen LogP contribution in [0, 0.1) is 6.92 Å². The Kier molecular flexibility index (Phi) is 5.02. The van der Waals surface area contributed by atoms with Gasteiger partial charge in [0.15, 0.2) is 0 Å². The summed E-state index contributed by atoms with van der Waals surface area (Å²) in [5, 5.41) is 0. The molecule has 0 bridgehead atoms. The van der Waals surface area contributed by atoms with Crippen LogP contribution in [0.3, 0.4) is 0 Å². The second-order valence-electron chi connectivity index (χ2n) is 7.27. The lowest BCUT2D eigenvalue weighted by Crippen LogP contribution is -2.63. The van der Waals surface area contributed by atoms with Crippen molar-refractivity contribution in [1.29, 1.82) is 0 Å². The number of nitrogens with zero attached hydrogens (tertiary/aromatic N) is 3. The molecule has 0 saturated carbocycles. The van der Waals surface area contributed by atoms with Crippen LogP contribution in [-0.2, 0) is 4.79 Å². The molecule has 2 aliphatic heterocycles. The lowest BCUT2D eigenvalue weighted by molar-refractivity contribution is -0.144. The average molecular weight is 315 g/mol. The van der Waals surface area contributed by atoms with E-state index in [0.29, 0.717) is 6.04 Å². The lowest BCUT2D eigenvalue weighted by atomic mass is 9.98. The van der Waals surface area contributed by atoms with Crippen molar-refractivity contribution in [1.82, 2.24) is 14.7 Å². The second kappa shape index (κ2) is 7.02. The summed E-state index contributed by atoms with van der Waals surface area (Å²) in [6.07, 6.45) is 3.99. The van der Waals surface area contributed by atoms with Gasteiger partial charge in [-0.3, -0.25) is 14.6 Å². The molecule has 2 saturated heterocycles. The lowest BCUT2D eigenvalue weighted by Gasteiger charge is -2.48. The molecule has 0 aromatic heterocycles. The fourth-order valence-electron chi connectivity index (χ4n) is 3.82. The van der Waals surface area contributed by atoms with Crippen LogP contribution in [-0.4, -0.2) is 66.9 Å². The first-order valence-electron chi connectivity index (χ1n) is 8.82. The molecule has 0 spiro atoms. The number of likely N-dealkylation sites (N-methyl/N-ethyl adjacent to an activating group) is 1. The van der Waals surface area contributed by atoms with Gasteiger partial charge in [-0.25, -0.2) is 0 Å². The summed E-state index contributed by atoms with van der Waals surface area (Å²) in [4.78, 5) is 19.6. The van der Waals surface area contributed by atoms with E-state index in [4.69, 9.17) is 0 Å². The molecule has 23 heavy (non-hydrogen) atoms. The van der Waals surface area contributed by atoms with E-state index >= 15 is 0 Å². The number of aryl methyl sites for hydroxylation is 1. The summed E-state index contributed by atoms with van der Waals surface area (Å²) in [6, 6.07) is 8.73. The van der Waals surface area contributed by atoms with Gasteiger partial charge in [0, 0.05) is 19.1 Å². The summed E-state index contributed by atoms with van der Waals surface area (Å²) < 4.78 is 0. The maximum atomic E-state index is 13.0. The number of carbonyl (C=O) groups excluding carboxylic acids is 1. The topological polar surface area (TPSA) is 26.8 Å². The molecule has 1 aromatic carbocycles. The molecule has 0 unspecified atom stereocenters. The first-order chi connectivity index (χ1) is 11.1. The Morgan fingerprint density at radius 3 is 2.48 bits per heavy atom. The molecule has 2 aliphatic rings. The number of hydrogen-bond donors (Lipinski definition) is 0. The van der Waals surface area contributed by atoms with Crippen molar-refractivity contribution in [2.24, 2.45) is 0 Å². The number of hydrogen-bond acceptors (Lipinski definition) is 3. The number of piperidine rings is 1. The standard InChI is InChI=1S/C19H29N3O/c1-15-8-7-9-16(12-15)18(20(2)3)19(23)22-13-17(14-22)21-10-5-4-6-11-21/h7-9,12,17-18H,4-6,10-11,13-14H2,1-3H3/t18-/m1/s1. The van der Waals surface area contributed by atoms with Crippen molar-refractivity contribution in [3.8, 4) is 0 Å². The molecule has 4 heteroatoms. The van der Waals surface area contributed by atoms with Crippen molar-refractivity contribution < 1.29 is 4.79 Å². The first-order valence-corrected chi connectivity index (χ1v) is 8.82. The van der Waals surface area contributed by atoms with E-state index in [1.165, 1.54) is 37.9 Å². The van der Waals surface area contributed by atoms with Crippen molar-refractivity contribution in [2.45, 2.75) is 38.3 Å². The summed E-state index contributed by atoms with van der Waals surface area (Å²) in [5.74, 6) is 0.244. The Morgan fingerprint density at radius 1 is 1.17 bits per heavy atom. The number of likely N-dealkylation sites (tertiary alicyclic amines) is 2. The van der Waals surface area contributed by atoms with Gasteiger partial charge in [0.1, 0.15) is 6.04 Å². The van der Waals surface area contributed by atoms with Gasteiger partial charge >= 0.3 is 0 Å². The van der Waals surface area contributed by atoms with Crippen LogP contribution in [0.5, 0.6) is 0 Å². The summed E-state index contributed by atoms with van der Waals surface area (Å²) in [7, 11) is 3.99. The van der Waals surface area contributed by atoms with Crippen molar-refractivity contribution in [2.75, 3.05) is 40.3 Å². The smallest absolute Gasteiger partial charge is 0.244 e. The zero-order chi connectivity index (χ0) is 16.4. The van der Waals surface area contributed by atoms with Gasteiger partial charge in [0.05, 0.1) is 0 Å². The predicted molar refractivity (Wildman–Crippen MR) is 93.4 cm³/mol. The summed E-state index contributed by atoms with van der Waals surface area (Å²) in [5.41, 5.74) is 2.30. The molecule has 0 aliphatic carbocycles. The highest BCUT2D eigenvalue weighted by Gasteiger charge is 2.38. The molecule has 126 valence electrons. The third-order valence-corrected chi connectivity index (χ3v) is 5.19. The van der Waals surface area contributed by atoms with E-state index in [2.05, 4.69) is 30.0 Å². The number of amides is 1. The van der Waals surface area contributed by atoms with E-state index < -0.39 is 0 Å². The van der Waals surface area contributed by atoms with Gasteiger partial charge in [-0.1, -0.05) is 36.2 Å². The Balaban J connectivity index is 1.64. The number of benzene rings is 1. The Labute approximate surface area is 140 Å². The minimum absolute atomic E-state index is 0.169. The fraction of sp³-hybridized carbons (Fsp3) is 0.632. The molecular weight excluding hydrogens is 286 g/mol. The maximum Gasteiger partial charge on any atom is 0.244 e. The van der Waals surface area contributed by atoms with E-state index in [-0.39, 0.29) is 11.9 Å².